The summed E-state index contributed by atoms with van der Waals surface area (Å²) in [5.41, 5.74) is 5.16. The van der Waals surface area contributed by atoms with Gasteiger partial charge in [0.2, 0.25) is 0 Å². The lowest BCUT2D eigenvalue weighted by atomic mass is 11.4. The third kappa shape index (κ3) is 1.84. The van der Waals surface area contributed by atoms with Gasteiger partial charge in [-0.25, -0.2) is 0 Å². The summed E-state index contributed by atoms with van der Waals surface area (Å²) < 4.78 is 0. The van der Waals surface area contributed by atoms with Crippen molar-refractivity contribution in [2.75, 3.05) is 0 Å². The third-order valence-electron chi connectivity index (χ3n) is 0.500. The van der Waals surface area contributed by atoms with Gasteiger partial charge >= 0.3 is 0 Å². The van der Waals surface area contributed by atoms with Crippen LogP contribution >= 0.6 is 0 Å². The fraction of sp³-hybridized carbons (Fsp3) is 0. The van der Waals surface area contributed by atoms with Crippen molar-refractivity contribution in [2.24, 2.45) is 0 Å². The van der Waals surface area contributed by atoms with Gasteiger partial charge in [-0.1, -0.05) is 0 Å². The van der Waals surface area contributed by atoms with Gasteiger partial charge in [0.05, 0.1) is 0 Å². The molecule has 0 aliphatic carbocycles. The fourth-order valence-electron chi connectivity index (χ4n) is 0.0481. The van der Waals surface area contributed by atoms with E-state index in [9.17, 15) is 0 Å². The molecule has 0 aliphatic heterocycles. The molecule has 0 aromatic rings. The molecule has 0 radical (unpaired) electrons. The van der Waals surface area contributed by atoms with Gasteiger partial charge in [-0.05, 0) is 0 Å². The summed E-state index contributed by atoms with van der Waals surface area (Å²) in [6.45, 7) is 0. The Bertz CT molecular complexity index is 89.7. The second-order valence-electron chi connectivity index (χ2n) is 1.06. The summed E-state index contributed by atoms with van der Waals surface area (Å²) >= 11 is 0. The summed E-state index contributed by atoms with van der Waals surface area (Å²) in [5.74, 6) is 0. The Kier molecular flexibility index (Phi) is 2.57. The quantitative estimate of drug-likeness (QED) is 0.261. The average Bonchev–Trinajstić information content (AvgIpc) is 1.65. The monoisotopic (exact) mass is 110 g/mol. The van der Waals surface area contributed by atoms with Gasteiger partial charge < -0.3 is 0 Å². The minimum absolute atomic E-state index is 0.966. The first-order valence-corrected chi connectivity index (χ1v) is 7.51. The molecule has 0 fully saturated rings. The van der Waals surface area contributed by atoms with Crippen LogP contribution in [0.4, 0.5) is 0 Å². The Balaban J connectivity index is 3.40. The van der Waals surface area contributed by atoms with E-state index in [1.54, 1.807) is 0 Å². The Morgan fingerprint density at radius 3 is 1.67 bits per heavy atom. The van der Waals surface area contributed by atoms with Crippen LogP contribution in [-0.2, 0) is 0 Å². The van der Waals surface area contributed by atoms with E-state index in [1.165, 1.54) is 0 Å². The molecule has 0 spiro atoms. The van der Waals surface area contributed by atoms with E-state index in [4.69, 9.17) is 12.8 Å². The molecule has 6 heavy (non-hydrogen) atoms. The molecule has 0 saturated heterocycles. The predicted molar refractivity (Wildman–Crippen MR) is 34.8 cm³/mol. The maximum absolute atomic E-state index is 4.99. The van der Waals surface area contributed by atoms with Crippen molar-refractivity contribution in [2.45, 2.75) is 0 Å². The zero-order valence-corrected chi connectivity index (χ0v) is 6.89. The lowest BCUT2D eigenvalue weighted by Crippen LogP contribution is -2.04. The molecule has 0 N–H and O–H groups in total. The molecular formula is C4H6Si2. The van der Waals surface area contributed by atoms with Crippen LogP contribution in [0.3, 0.4) is 0 Å². The normalized spacial score (nSPS) is 7.17. The predicted octanol–water partition coefficient (Wildman–Crippen LogP) is -1.58. The summed E-state index contributed by atoms with van der Waals surface area (Å²) in [5, 5.41) is 0. The Labute approximate surface area is 42.8 Å². The van der Waals surface area contributed by atoms with Gasteiger partial charge in [-0.2, -0.15) is 0 Å². The van der Waals surface area contributed by atoms with E-state index in [-0.39, 0.29) is 0 Å². The Hall–Kier alpha value is -0.446. The van der Waals surface area contributed by atoms with Crippen molar-refractivity contribution >= 4 is 18.1 Å². The standard InChI is InChI=1S/C4H6Si2/c1-3-6(5)4-2/h1-2,6H,5H3. The highest BCUT2D eigenvalue weighted by Gasteiger charge is 1.84. The van der Waals surface area contributed by atoms with Crippen LogP contribution in [0.25, 0.3) is 0 Å². The van der Waals surface area contributed by atoms with Gasteiger partial charge in [0.15, 0.2) is 8.31 Å². The molecule has 0 heterocycles. The summed E-state index contributed by atoms with van der Waals surface area (Å²) in [6.07, 6.45) is 9.97. The Morgan fingerprint density at radius 2 is 1.67 bits per heavy atom. The van der Waals surface area contributed by atoms with E-state index < -0.39 is 8.31 Å². The molecule has 0 amide bonds. The van der Waals surface area contributed by atoms with Crippen LogP contribution in [-0.4, -0.2) is 18.1 Å². The first-order valence-electron chi connectivity index (χ1n) is 1.73. The van der Waals surface area contributed by atoms with Gasteiger partial charge in [-0.3, -0.25) is 0 Å². The molecule has 0 atom stereocenters. The zero-order chi connectivity index (χ0) is 4.99. The van der Waals surface area contributed by atoms with E-state index in [2.05, 4.69) is 11.1 Å². The van der Waals surface area contributed by atoms with Crippen molar-refractivity contribution in [3.8, 4) is 23.9 Å². The number of rotatable bonds is 0. The van der Waals surface area contributed by atoms with Crippen LogP contribution in [0, 0.1) is 23.9 Å². The SMILES string of the molecule is C#C[SiH]([SiH3])C#C. The molecule has 0 nitrogen and oxygen atoms in total. The summed E-state index contributed by atoms with van der Waals surface area (Å²) in [6, 6.07) is 0. The molecule has 0 aromatic carbocycles. The molecular weight excluding hydrogens is 104 g/mol. The lowest BCUT2D eigenvalue weighted by Gasteiger charge is -1.77. The van der Waals surface area contributed by atoms with E-state index in [1.807, 2.05) is 0 Å². The first-order chi connectivity index (χ1) is 2.81. The maximum atomic E-state index is 4.99. The largest absolute Gasteiger partial charge is 0.180 e. The smallest absolute Gasteiger partial charge is 0.127 e. The van der Waals surface area contributed by atoms with Crippen molar-refractivity contribution < 1.29 is 0 Å². The molecule has 0 saturated carbocycles. The van der Waals surface area contributed by atoms with Crippen molar-refractivity contribution in [3.63, 3.8) is 0 Å². The minimum Gasteiger partial charge on any atom is -0.127 e. The molecule has 0 bridgehead atoms. The first kappa shape index (κ1) is 5.55. The van der Waals surface area contributed by atoms with Crippen molar-refractivity contribution in [3.05, 3.63) is 0 Å². The van der Waals surface area contributed by atoms with Crippen molar-refractivity contribution in [1.82, 2.24) is 0 Å². The number of hydrogen-bond acceptors (Lipinski definition) is 0. The minimum atomic E-state index is -0.966. The fourth-order valence-corrected chi connectivity index (χ4v) is 0.144. The van der Waals surface area contributed by atoms with Gasteiger partial charge in [0.25, 0.3) is 0 Å². The zero-order valence-electron chi connectivity index (χ0n) is 3.73. The van der Waals surface area contributed by atoms with Gasteiger partial charge in [0.1, 0.15) is 0 Å². The number of hydrogen-bond donors (Lipinski definition) is 0. The van der Waals surface area contributed by atoms with E-state index in [0.717, 1.165) is 9.76 Å². The van der Waals surface area contributed by atoms with E-state index in [0.29, 0.717) is 0 Å². The lowest BCUT2D eigenvalue weighted by molar-refractivity contribution is 2.81. The molecule has 0 aromatic heterocycles. The highest BCUT2D eigenvalue weighted by Crippen LogP contribution is 1.59. The number of terminal acetylenes is 2. The second-order valence-corrected chi connectivity index (χ2v) is 6.63. The van der Waals surface area contributed by atoms with Crippen LogP contribution in [0.5, 0.6) is 0 Å². The maximum Gasteiger partial charge on any atom is 0.180 e. The van der Waals surface area contributed by atoms with E-state index >= 15 is 0 Å². The highest BCUT2D eigenvalue weighted by atomic mass is 29.1. The molecule has 0 rings (SSSR count). The van der Waals surface area contributed by atoms with Crippen LogP contribution < -0.4 is 0 Å². The summed E-state index contributed by atoms with van der Waals surface area (Å²) in [4.78, 5) is 0. The molecule has 0 aliphatic rings. The molecule has 2 heteroatoms. The highest BCUT2D eigenvalue weighted by molar-refractivity contribution is 7.12. The molecule has 0 unspecified atom stereocenters. The second kappa shape index (κ2) is 2.77. The molecule has 30 valence electrons. The van der Waals surface area contributed by atoms with Crippen LogP contribution in [0.15, 0.2) is 0 Å². The summed E-state index contributed by atoms with van der Waals surface area (Å²) in [7, 11) is 0.0910. The van der Waals surface area contributed by atoms with Gasteiger partial charge in [0, 0.05) is 9.76 Å². The van der Waals surface area contributed by atoms with Crippen molar-refractivity contribution in [1.29, 1.82) is 0 Å². The third-order valence-corrected chi connectivity index (χ3v) is 3.50. The van der Waals surface area contributed by atoms with Crippen LogP contribution in [0.2, 0.25) is 0 Å². The topological polar surface area (TPSA) is 0 Å². The van der Waals surface area contributed by atoms with Gasteiger partial charge in [-0.15, -0.1) is 23.9 Å². The average molecular weight is 110 g/mol. The van der Waals surface area contributed by atoms with Crippen LogP contribution in [0.1, 0.15) is 0 Å². The Morgan fingerprint density at radius 1 is 1.33 bits per heavy atom.